The number of hydrogen-bond acceptors (Lipinski definition) is 2. The van der Waals surface area contributed by atoms with Crippen molar-refractivity contribution < 1.29 is 9.59 Å². The highest BCUT2D eigenvalue weighted by Crippen LogP contribution is 2.17. The molecule has 0 fully saturated rings. The lowest BCUT2D eigenvalue weighted by molar-refractivity contribution is 0.0947. The molecule has 3 aromatic rings. The van der Waals surface area contributed by atoms with Gasteiger partial charge in [0, 0.05) is 29.9 Å². The maximum Gasteiger partial charge on any atom is 0.258 e. The Morgan fingerprint density at radius 3 is 2.04 bits per heavy atom. The van der Waals surface area contributed by atoms with Crippen molar-refractivity contribution in [2.75, 3.05) is 11.4 Å². The summed E-state index contributed by atoms with van der Waals surface area (Å²) in [6, 6.07) is 24.4. The van der Waals surface area contributed by atoms with Crippen LogP contribution in [0.25, 0.3) is 0 Å². The van der Waals surface area contributed by atoms with Gasteiger partial charge in [0.25, 0.3) is 11.8 Å². The molecule has 0 heterocycles. The Bertz CT molecular complexity index is 933. The molecule has 3 rings (SSSR count). The largest absolute Gasteiger partial charge is 0.348 e. The number of rotatable bonds is 6. The van der Waals surface area contributed by atoms with Crippen molar-refractivity contribution in [3.63, 3.8) is 0 Å². The van der Waals surface area contributed by atoms with E-state index in [9.17, 15) is 9.59 Å². The molecule has 0 aliphatic heterocycles. The van der Waals surface area contributed by atoms with E-state index in [-0.39, 0.29) is 11.8 Å². The zero-order valence-corrected chi connectivity index (χ0v) is 16.2. The number of nitrogens with zero attached hydrogens (tertiary/aromatic N) is 1. The predicted molar refractivity (Wildman–Crippen MR) is 113 cm³/mol. The van der Waals surface area contributed by atoms with Crippen LogP contribution in [0.5, 0.6) is 0 Å². The molecule has 28 heavy (non-hydrogen) atoms. The maximum absolute atomic E-state index is 12.8. The summed E-state index contributed by atoms with van der Waals surface area (Å²) in [6.07, 6.45) is 0. The topological polar surface area (TPSA) is 49.4 Å². The van der Waals surface area contributed by atoms with Gasteiger partial charge in [0.15, 0.2) is 0 Å². The van der Waals surface area contributed by atoms with Gasteiger partial charge in [-0.05, 0) is 55.8 Å². The highest BCUT2D eigenvalue weighted by Gasteiger charge is 2.16. The lowest BCUT2D eigenvalue weighted by Gasteiger charge is -2.21. The first kappa shape index (κ1) is 19.4. The fourth-order valence-electron chi connectivity index (χ4n) is 2.96. The number of nitrogens with one attached hydrogen (secondary N) is 1. The highest BCUT2D eigenvalue weighted by molar-refractivity contribution is 6.06. The average molecular weight is 372 g/mol. The first-order valence-corrected chi connectivity index (χ1v) is 9.39. The van der Waals surface area contributed by atoms with Crippen LogP contribution in [-0.2, 0) is 6.54 Å². The number of hydrogen-bond donors (Lipinski definition) is 1. The number of carbonyl (C=O) groups excluding carboxylic acids is 2. The van der Waals surface area contributed by atoms with Gasteiger partial charge in [-0.3, -0.25) is 9.59 Å². The monoisotopic (exact) mass is 372 g/mol. The molecule has 3 aromatic carbocycles. The van der Waals surface area contributed by atoms with Crippen LogP contribution >= 0.6 is 0 Å². The predicted octanol–water partition coefficient (Wildman–Crippen LogP) is 4.59. The second-order valence-corrected chi connectivity index (χ2v) is 6.63. The minimum atomic E-state index is -0.157. The molecule has 4 heteroatoms. The standard InChI is InChI=1S/C24H24N2O2/c1-3-26(22-7-5-4-6-8-22)24(28)21-15-13-20(14-16-21)23(27)25-17-19-11-9-18(2)10-12-19/h4-16H,3,17H2,1-2H3,(H,25,27). The van der Waals surface area contributed by atoms with Gasteiger partial charge in [-0.1, -0.05) is 48.0 Å². The van der Waals surface area contributed by atoms with E-state index in [2.05, 4.69) is 5.32 Å². The molecule has 0 unspecified atom stereocenters. The van der Waals surface area contributed by atoms with Crippen molar-refractivity contribution in [1.82, 2.24) is 5.32 Å². The van der Waals surface area contributed by atoms with Gasteiger partial charge in [-0.15, -0.1) is 0 Å². The summed E-state index contributed by atoms with van der Waals surface area (Å²) in [5.74, 6) is -0.240. The van der Waals surface area contributed by atoms with Gasteiger partial charge in [0.05, 0.1) is 0 Å². The molecule has 0 saturated carbocycles. The van der Waals surface area contributed by atoms with Gasteiger partial charge in [-0.2, -0.15) is 0 Å². The van der Waals surface area contributed by atoms with E-state index in [1.807, 2.05) is 68.4 Å². The molecule has 0 aromatic heterocycles. The Labute approximate surface area is 165 Å². The Kier molecular flexibility index (Phi) is 6.22. The summed E-state index contributed by atoms with van der Waals surface area (Å²) >= 11 is 0. The lowest BCUT2D eigenvalue weighted by Crippen LogP contribution is -2.30. The third kappa shape index (κ3) is 4.65. The van der Waals surface area contributed by atoms with E-state index in [0.717, 1.165) is 11.3 Å². The van der Waals surface area contributed by atoms with Gasteiger partial charge in [0.2, 0.25) is 0 Å². The molecule has 0 saturated heterocycles. The molecule has 0 aliphatic carbocycles. The number of para-hydroxylation sites is 1. The molecule has 0 bridgehead atoms. The first-order valence-electron chi connectivity index (χ1n) is 9.39. The summed E-state index contributed by atoms with van der Waals surface area (Å²) in [5.41, 5.74) is 4.18. The van der Waals surface area contributed by atoms with E-state index < -0.39 is 0 Å². The van der Waals surface area contributed by atoms with Crippen LogP contribution in [0, 0.1) is 6.92 Å². The summed E-state index contributed by atoms with van der Waals surface area (Å²) < 4.78 is 0. The van der Waals surface area contributed by atoms with Crippen LogP contribution in [0.2, 0.25) is 0 Å². The Morgan fingerprint density at radius 1 is 0.821 bits per heavy atom. The molecule has 0 atom stereocenters. The van der Waals surface area contributed by atoms with E-state index in [1.165, 1.54) is 5.56 Å². The minimum Gasteiger partial charge on any atom is -0.348 e. The third-order valence-electron chi connectivity index (χ3n) is 4.60. The fraction of sp³-hybridized carbons (Fsp3) is 0.167. The van der Waals surface area contributed by atoms with Gasteiger partial charge in [-0.25, -0.2) is 0 Å². The van der Waals surface area contributed by atoms with Crippen LogP contribution in [-0.4, -0.2) is 18.4 Å². The number of carbonyl (C=O) groups is 2. The van der Waals surface area contributed by atoms with Crippen molar-refractivity contribution in [1.29, 1.82) is 0 Å². The quantitative estimate of drug-likeness (QED) is 0.688. The molecule has 2 amide bonds. The van der Waals surface area contributed by atoms with Crippen LogP contribution < -0.4 is 10.2 Å². The molecular weight excluding hydrogens is 348 g/mol. The van der Waals surface area contributed by atoms with Crippen molar-refractivity contribution in [3.05, 3.63) is 101 Å². The van der Waals surface area contributed by atoms with Crippen molar-refractivity contribution in [2.45, 2.75) is 20.4 Å². The zero-order chi connectivity index (χ0) is 19.9. The highest BCUT2D eigenvalue weighted by atomic mass is 16.2. The second kappa shape index (κ2) is 9.00. The summed E-state index contributed by atoms with van der Waals surface area (Å²) in [5, 5.41) is 2.91. The van der Waals surface area contributed by atoms with Gasteiger partial charge >= 0.3 is 0 Å². The van der Waals surface area contributed by atoms with Crippen LogP contribution in [0.3, 0.4) is 0 Å². The Morgan fingerprint density at radius 2 is 1.43 bits per heavy atom. The Hall–Kier alpha value is -3.40. The molecule has 142 valence electrons. The second-order valence-electron chi connectivity index (χ2n) is 6.63. The number of amides is 2. The zero-order valence-electron chi connectivity index (χ0n) is 16.2. The number of anilines is 1. The van der Waals surface area contributed by atoms with Crippen molar-refractivity contribution >= 4 is 17.5 Å². The number of aryl methyl sites for hydroxylation is 1. The smallest absolute Gasteiger partial charge is 0.258 e. The Balaban J connectivity index is 1.65. The minimum absolute atomic E-state index is 0.0830. The lowest BCUT2D eigenvalue weighted by atomic mass is 10.1. The van der Waals surface area contributed by atoms with Gasteiger partial charge < -0.3 is 10.2 Å². The molecule has 0 spiro atoms. The normalized spacial score (nSPS) is 10.4. The van der Waals surface area contributed by atoms with E-state index in [4.69, 9.17) is 0 Å². The SMILES string of the molecule is CCN(C(=O)c1ccc(C(=O)NCc2ccc(C)cc2)cc1)c1ccccc1. The first-order chi connectivity index (χ1) is 13.6. The van der Waals surface area contributed by atoms with E-state index in [0.29, 0.717) is 24.2 Å². The van der Waals surface area contributed by atoms with Crippen molar-refractivity contribution in [2.24, 2.45) is 0 Å². The van der Waals surface area contributed by atoms with E-state index in [1.54, 1.807) is 29.2 Å². The average Bonchev–Trinajstić information content (AvgIpc) is 2.74. The fourth-order valence-corrected chi connectivity index (χ4v) is 2.96. The molecular formula is C24H24N2O2. The van der Waals surface area contributed by atoms with E-state index >= 15 is 0 Å². The van der Waals surface area contributed by atoms with Crippen LogP contribution in [0.4, 0.5) is 5.69 Å². The molecule has 1 N–H and O–H groups in total. The summed E-state index contributed by atoms with van der Waals surface area (Å²) in [7, 11) is 0. The summed E-state index contributed by atoms with van der Waals surface area (Å²) in [6.45, 7) is 5.01. The molecule has 4 nitrogen and oxygen atoms in total. The van der Waals surface area contributed by atoms with Crippen LogP contribution in [0.15, 0.2) is 78.9 Å². The third-order valence-corrected chi connectivity index (χ3v) is 4.60. The summed E-state index contributed by atoms with van der Waals surface area (Å²) in [4.78, 5) is 26.9. The molecule has 0 radical (unpaired) electrons. The molecule has 0 aliphatic rings. The maximum atomic E-state index is 12.8. The van der Waals surface area contributed by atoms with Crippen LogP contribution in [0.1, 0.15) is 38.8 Å². The van der Waals surface area contributed by atoms with Crippen molar-refractivity contribution in [3.8, 4) is 0 Å². The number of benzene rings is 3. The van der Waals surface area contributed by atoms with Gasteiger partial charge in [0.1, 0.15) is 0 Å².